The minimum atomic E-state index is -0.284. The molecule has 0 saturated heterocycles. The summed E-state index contributed by atoms with van der Waals surface area (Å²) in [6.45, 7) is 11.6. The number of rotatable bonds is 3. The molecule has 1 aliphatic carbocycles. The summed E-state index contributed by atoms with van der Waals surface area (Å²) in [7, 11) is 0. The second kappa shape index (κ2) is 10.6. The van der Waals surface area contributed by atoms with Gasteiger partial charge in [-0.05, 0) is 100 Å². The number of benzene rings is 7. The van der Waals surface area contributed by atoms with E-state index in [0.717, 1.165) is 28.6 Å². The number of aryl methyl sites for hydroxylation is 1. The Balaban J connectivity index is 1.17. The Bertz CT molecular complexity index is 2860. The standard InChI is InChI=1S/C49H38N2OS/c1-29-13-10-20-42-45(29)51-40-26-24-31(28-39(40)49(4,5)37-18-12-21-43(52-42)46(37)51)50(41-19-11-16-35-34-15-7-9-22-44(34)53-47(35)41)30-23-25-33-32-14-6-8-17-36(32)48(2,3)38(33)27-30/h6-28H,1-5H3. The third kappa shape index (κ3) is 4.10. The smallest absolute Gasteiger partial charge is 0.151 e. The maximum absolute atomic E-state index is 6.58. The van der Waals surface area contributed by atoms with E-state index in [1.165, 1.54) is 76.2 Å². The highest BCUT2D eigenvalue weighted by Crippen LogP contribution is 2.61. The van der Waals surface area contributed by atoms with Crippen molar-refractivity contribution in [1.29, 1.82) is 0 Å². The zero-order chi connectivity index (χ0) is 35.8. The van der Waals surface area contributed by atoms with Crippen molar-refractivity contribution in [3.8, 4) is 22.6 Å². The van der Waals surface area contributed by atoms with E-state index in [1.807, 2.05) is 11.3 Å². The zero-order valence-corrected chi connectivity index (χ0v) is 31.3. The van der Waals surface area contributed by atoms with Gasteiger partial charge in [-0.3, -0.25) is 0 Å². The van der Waals surface area contributed by atoms with E-state index in [-0.39, 0.29) is 10.8 Å². The zero-order valence-electron chi connectivity index (χ0n) is 30.5. The number of nitrogens with zero attached hydrogens (tertiary/aromatic N) is 2. The Kier molecular flexibility index (Phi) is 6.16. The quantitative estimate of drug-likeness (QED) is 0.182. The van der Waals surface area contributed by atoms with Gasteiger partial charge in [0, 0.05) is 37.7 Å². The van der Waals surface area contributed by atoms with Gasteiger partial charge < -0.3 is 14.5 Å². The van der Waals surface area contributed by atoms with Crippen LogP contribution in [0, 0.1) is 6.92 Å². The summed E-state index contributed by atoms with van der Waals surface area (Å²) in [6.07, 6.45) is 0. The molecule has 0 atom stereocenters. The fourth-order valence-electron chi connectivity index (χ4n) is 9.48. The molecular weight excluding hydrogens is 665 g/mol. The summed E-state index contributed by atoms with van der Waals surface area (Å²) in [5.74, 6) is 1.80. The molecule has 3 nitrogen and oxygen atoms in total. The number of para-hydroxylation sites is 2. The van der Waals surface area contributed by atoms with Gasteiger partial charge in [0.05, 0.1) is 27.4 Å². The summed E-state index contributed by atoms with van der Waals surface area (Å²) < 4.78 is 9.18. The number of hydrogen-bond acceptors (Lipinski definition) is 4. The van der Waals surface area contributed by atoms with E-state index in [0.29, 0.717) is 0 Å². The van der Waals surface area contributed by atoms with Crippen LogP contribution in [0.15, 0.2) is 140 Å². The van der Waals surface area contributed by atoms with Gasteiger partial charge in [-0.2, -0.15) is 0 Å². The third-order valence-electron chi connectivity index (χ3n) is 12.1. The molecule has 3 heterocycles. The first-order chi connectivity index (χ1) is 25.7. The SMILES string of the molecule is Cc1cccc2c1N1c3ccc(N(c4ccc5c(c4)C(C)(C)c4ccccc4-5)c4cccc5c4sc4ccccc45)cc3C(C)(C)c3cccc(c31)O2. The molecule has 0 saturated carbocycles. The fraction of sp³-hybridized carbons (Fsp3) is 0.143. The molecule has 0 bridgehead atoms. The number of thiophene rings is 1. The van der Waals surface area contributed by atoms with Gasteiger partial charge >= 0.3 is 0 Å². The minimum Gasteiger partial charge on any atom is -0.453 e. The van der Waals surface area contributed by atoms with Crippen molar-refractivity contribution in [2.45, 2.75) is 45.4 Å². The van der Waals surface area contributed by atoms with Crippen LogP contribution in [-0.2, 0) is 10.8 Å². The van der Waals surface area contributed by atoms with Crippen molar-refractivity contribution >= 4 is 65.6 Å². The molecule has 0 unspecified atom stereocenters. The Labute approximate surface area is 314 Å². The Morgan fingerprint density at radius 2 is 1.19 bits per heavy atom. The monoisotopic (exact) mass is 702 g/mol. The predicted octanol–water partition coefficient (Wildman–Crippen LogP) is 14.4. The van der Waals surface area contributed by atoms with Crippen molar-refractivity contribution in [3.63, 3.8) is 0 Å². The Morgan fingerprint density at radius 3 is 2.06 bits per heavy atom. The van der Waals surface area contributed by atoms with E-state index >= 15 is 0 Å². The second-order valence-corrected chi connectivity index (χ2v) is 16.9. The molecule has 11 rings (SSSR count). The van der Waals surface area contributed by atoms with Crippen molar-refractivity contribution in [2.24, 2.45) is 0 Å². The highest BCUT2D eigenvalue weighted by atomic mass is 32.1. The molecule has 0 N–H and O–H groups in total. The van der Waals surface area contributed by atoms with Crippen molar-refractivity contribution in [1.82, 2.24) is 0 Å². The van der Waals surface area contributed by atoms with Gasteiger partial charge in [-0.25, -0.2) is 0 Å². The van der Waals surface area contributed by atoms with E-state index in [1.54, 1.807) is 0 Å². The first kappa shape index (κ1) is 30.8. The third-order valence-corrected chi connectivity index (χ3v) is 13.4. The van der Waals surface area contributed by atoms with E-state index < -0.39 is 0 Å². The van der Waals surface area contributed by atoms with Crippen LogP contribution in [0.25, 0.3) is 31.3 Å². The largest absolute Gasteiger partial charge is 0.453 e. The lowest BCUT2D eigenvalue weighted by atomic mass is 9.73. The summed E-state index contributed by atoms with van der Waals surface area (Å²) in [4.78, 5) is 4.97. The molecule has 53 heavy (non-hydrogen) atoms. The van der Waals surface area contributed by atoms with Crippen LogP contribution in [0.4, 0.5) is 34.1 Å². The van der Waals surface area contributed by atoms with Gasteiger partial charge in [0.1, 0.15) is 0 Å². The van der Waals surface area contributed by atoms with Gasteiger partial charge in [0.2, 0.25) is 0 Å². The molecule has 0 radical (unpaired) electrons. The van der Waals surface area contributed by atoms with E-state index in [4.69, 9.17) is 4.74 Å². The molecular formula is C49H38N2OS. The lowest BCUT2D eigenvalue weighted by Gasteiger charge is -2.45. The van der Waals surface area contributed by atoms with Crippen LogP contribution in [0.5, 0.6) is 11.5 Å². The molecule has 0 spiro atoms. The fourth-order valence-corrected chi connectivity index (χ4v) is 10.7. The summed E-state index contributed by atoms with van der Waals surface area (Å²) in [6, 6.07) is 51.7. The van der Waals surface area contributed by atoms with Gasteiger partial charge in [0.15, 0.2) is 11.5 Å². The van der Waals surface area contributed by atoms with Crippen LogP contribution >= 0.6 is 11.3 Å². The summed E-state index contributed by atoms with van der Waals surface area (Å²) in [5, 5.41) is 2.60. The molecule has 8 aromatic rings. The molecule has 3 aliphatic rings. The van der Waals surface area contributed by atoms with Crippen LogP contribution in [0.2, 0.25) is 0 Å². The van der Waals surface area contributed by atoms with E-state index in [2.05, 4.69) is 184 Å². The van der Waals surface area contributed by atoms with E-state index in [9.17, 15) is 0 Å². The van der Waals surface area contributed by atoms with Crippen LogP contribution in [0.3, 0.4) is 0 Å². The minimum absolute atomic E-state index is 0.113. The Morgan fingerprint density at radius 1 is 0.547 bits per heavy atom. The molecule has 256 valence electrons. The number of fused-ring (bicyclic) bond motifs is 10. The summed E-state index contributed by atoms with van der Waals surface area (Å²) in [5.41, 5.74) is 15.7. The lowest BCUT2D eigenvalue weighted by Crippen LogP contribution is -2.33. The van der Waals surface area contributed by atoms with Gasteiger partial charge in [-0.1, -0.05) is 113 Å². The van der Waals surface area contributed by atoms with Crippen LogP contribution in [-0.4, -0.2) is 0 Å². The number of hydrogen-bond donors (Lipinski definition) is 0. The Hall–Kier alpha value is -5.84. The molecule has 0 amide bonds. The van der Waals surface area contributed by atoms with Crippen molar-refractivity contribution < 1.29 is 4.74 Å². The van der Waals surface area contributed by atoms with Crippen LogP contribution in [0.1, 0.15) is 55.5 Å². The average Bonchev–Trinajstić information content (AvgIpc) is 3.66. The first-order valence-electron chi connectivity index (χ1n) is 18.5. The maximum Gasteiger partial charge on any atom is 0.151 e. The predicted molar refractivity (Wildman–Crippen MR) is 223 cm³/mol. The number of anilines is 6. The molecule has 2 aliphatic heterocycles. The molecule has 1 aromatic heterocycles. The van der Waals surface area contributed by atoms with Gasteiger partial charge in [0.25, 0.3) is 0 Å². The topological polar surface area (TPSA) is 15.7 Å². The first-order valence-corrected chi connectivity index (χ1v) is 19.3. The van der Waals surface area contributed by atoms with Crippen molar-refractivity contribution in [3.05, 3.63) is 167 Å². The highest BCUT2D eigenvalue weighted by molar-refractivity contribution is 7.26. The second-order valence-electron chi connectivity index (χ2n) is 15.8. The lowest BCUT2D eigenvalue weighted by molar-refractivity contribution is 0.471. The normalized spacial score (nSPS) is 15.3. The summed E-state index contributed by atoms with van der Waals surface area (Å²) >= 11 is 1.88. The molecule has 0 fully saturated rings. The molecule has 7 aromatic carbocycles. The van der Waals surface area contributed by atoms with Crippen LogP contribution < -0.4 is 14.5 Å². The number of ether oxygens (including phenoxy) is 1. The highest BCUT2D eigenvalue weighted by Gasteiger charge is 2.42. The molecule has 4 heteroatoms. The van der Waals surface area contributed by atoms with Crippen molar-refractivity contribution in [2.75, 3.05) is 9.80 Å². The average molecular weight is 703 g/mol. The maximum atomic E-state index is 6.58. The van der Waals surface area contributed by atoms with Gasteiger partial charge in [-0.15, -0.1) is 11.3 Å².